The van der Waals surface area contributed by atoms with Gasteiger partial charge in [0.15, 0.2) is 0 Å². The Morgan fingerprint density at radius 3 is 2.16 bits per heavy atom. The first-order valence-corrected chi connectivity index (χ1v) is 13.6. The fraction of sp³-hybridized carbons (Fsp3) is 0.312. The Bertz CT molecular complexity index is 1420. The van der Waals surface area contributed by atoms with Crippen molar-refractivity contribution >= 4 is 6.09 Å². The van der Waals surface area contributed by atoms with E-state index in [0.29, 0.717) is 19.4 Å². The molecule has 2 saturated heterocycles. The quantitative estimate of drug-likeness (QED) is 0.368. The van der Waals surface area contributed by atoms with E-state index in [4.69, 9.17) is 4.74 Å². The number of hydrogen-bond donors (Lipinski definition) is 1. The van der Waals surface area contributed by atoms with Crippen molar-refractivity contribution in [1.82, 2.24) is 14.7 Å². The van der Waals surface area contributed by atoms with Crippen molar-refractivity contribution in [2.75, 3.05) is 6.61 Å². The van der Waals surface area contributed by atoms with Gasteiger partial charge in [-0.25, -0.2) is 9.48 Å². The van der Waals surface area contributed by atoms with Gasteiger partial charge >= 0.3 is 6.09 Å². The third-order valence-corrected chi connectivity index (χ3v) is 8.70. The van der Waals surface area contributed by atoms with Gasteiger partial charge < -0.3 is 14.7 Å². The van der Waals surface area contributed by atoms with E-state index in [1.165, 1.54) is 22.3 Å². The van der Waals surface area contributed by atoms with Gasteiger partial charge in [-0.2, -0.15) is 5.10 Å². The van der Waals surface area contributed by atoms with Crippen LogP contribution in [0, 0.1) is 0 Å². The number of fused-ring (bicyclic) bond motifs is 5. The number of aliphatic hydroxyl groups is 1. The van der Waals surface area contributed by atoms with E-state index >= 15 is 0 Å². The Hall–Kier alpha value is -3.90. The predicted molar refractivity (Wildman–Crippen MR) is 145 cm³/mol. The number of benzene rings is 3. The Kier molecular flexibility index (Phi) is 5.59. The first-order chi connectivity index (χ1) is 18.6. The average Bonchev–Trinajstić information content (AvgIpc) is 3.56. The maximum absolute atomic E-state index is 13.5. The minimum atomic E-state index is -1.01. The molecule has 38 heavy (non-hydrogen) atoms. The zero-order valence-corrected chi connectivity index (χ0v) is 21.2. The summed E-state index contributed by atoms with van der Waals surface area (Å²) in [7, 11) is 0. The second-order valence-corrected chi connectivity index (χ2v) is 10.9. The normalized spacial score (nSPS) is 24.1. The summed E-state index contributed by atoms with van der Waals surface area (Å²) in [6.45, 7) is 0.316. The van der Waals surface area contributed by atoms with Gasteiger partial charge in [0.2, 0.25) is 0 Å². The molecule has 192 valence electrons. The van der Waals surface area contributed by atoms with Crippen molar-refractivity contribution in [2.45, 2.75) is 55.7 Å². The standard InChI is InChI=1S/C32H31N3O3/c36-31(38-21-30-28-15-6-4-13-26(28)27-14-5-7-16-29(27)30)35-24-11-8-12-25(35)18-32(37,17-24)22-19-33-34(20-22)23-9-2-1-3-10-23/h1-7,9-10,13-16,19-20,24-25,30,37H,8,11-12,17-18,21H2. The molecule has 1 amide bonds. The topological polar surface area (TPSA) is 67.6 Å². The molecule has 1 N–H and O–H groups in total. The lowest BCUT2D eigenvalue weighted by atomic mass is 9.73. The molecule has 0 saturated carbocycles. The molecule has 2 fully saturated rings. The van der Waals surface area contributed by atoms with Gasteiger partial charge in [0.25, 0.3) is 0 Å². The number of hydrogen-bond acceptors (Lipinski definition) is 4. The molecule has 7 rings (SSSR count). The molecule has 3 heterocycles. The van der Waals surface area contributed by atoms with Crippen molar-refractivity contribution in [3.8, 4) is 16.8 Å². The highest BCUT2D eigenvalue weighted by Gasteiger charge is 2.49. The minimum Gasteiger partial charge on any atom is -0.448 e. The fourth-order valence-electron chi connectivity index (χ4n) is 6.92. The zero-order chi connectivity index (χ0) is 25.7. The molecule has 1 aromatic heterocycles. The molecule has 2 unspecified atom stereocenters. The van der Waals surface area contributed by atoms with Gasteiger partial charge in [0.05, 0.1) is 17.5 Å². The molecule has 2 atom stereocenters. The first-order valence-electron chi connectivity index (χ1n) is 13.6. The van der Waals surface area contributed by atoms with Crippen LogP contribution in [0.1, 0.15) is 54.7 Å². The monoisotopic (exact) mass is 505 g/mol. The van der Waals surface area contributed by atoms with Gasteiger partial charge in [0, 0.05) is 42.6 Å². The predicted octanol–water partition coefficient (Wildman–Crippen LogP) is 6.03. The summed E-state index contributed by atoms with van der Waals surface area (Å²) in [6.07, 6.45) is 7.22. The fourth-order valence-corrected chi connectivity index (χ4v) is 6.92. The smallest absolute Gasteiger partial charge is 0.410 e. The molecule has 2 aliphatic heterocycles. The van der Waals surface area contributed by atoms with E-state index in [9.17, 15) is 9.90 Å². The molecule has 2 bridgehead atoms. The lowest BCUT2D eigenvalue weighted by molar-refractivity contribution is -0.0891. The maximum Gasteiger partial charge on any atom is 0.410 e. The summed E-state index contributed by atoms with van der Waals surface area (Å²) in [5, 5.41) is 16.3. The van der Waals surface area contributed by atoms with E-state index < -0.39 is 5.60 Å². The van der Waals surface area contributed by atoms with Gasteiger partial charge in [-0.3, -0.25) is 0 Å². The highest BCUT2D eigenvalue weighted by molar-refractivity contribution is 5.79. The molecule has 0 spiro atoms. The highest BCUT2D eigenvalue weighted by Crippen LogP contribution is 2.46. The van der Waals surface area contributed by atoms with Crippen LogP contribution in [0.2, 0.25) is 0 Å². The molecule has 6 heteroatoms. The molecular weight excluding hydrogens is 474 g/mol. The molecule has 3 aromatic carbocycles. The number of ether oxygens (including phenoxy) is 1. The Labute approximate surface area is 222 Å². The molecule has 3 aliphatic rings. The minimum absolute atomic E-state index is 0.0386. The van der Waals surface area contributed by atoms with Crippen molar-refractivity contribution in [2.24, 2.45) is 0 Å². The summed E-state index contributed by atoms with van der Waals surface area (Å²) < 4.78 is 7.85. The number of nitrogens with zero attached hydrogens (tertiary/aromatic N) is 3. The number of amides is 1. The van der Waals surface area contributed by atoms with Crippen LogP contribution < -0.4 is 0 Å². The second-order valence-electron chi connectivity index (χ2n) is 10.9. The van der Waals surface area contributed by atoms with E-state index in [-0.39, 0.29) is 24.1 Å². The van der Waals surface area contributed by atoms with Crippen LogP contribution in [-0.2, 0) is 10.3 Å². The number of para-hydroxylation sites is 1. The van der Waals surface area contributed by atoms with Crippen molar-refractivity contribution in [1.29, 1.82) is 0 Å². The van der Waals surface area contributed by atoms with Crippen molar-refractivity contribution < 1.29 is 14.6 Å². The van der Waals surface area contributed by atoms with Crippen LogP contribution in [0.5, 0.6) is 0 Å². The average molecular weight is 506 g/mol. The SMILES string of the molecule is O=C(OCC1c2ccccc2-c2ccccc21)N1C2CCCC1CC(O)(c1cnn(-c3ccccc3)c1)C2. The number of piperidine rings is 2. The van der Waals surface area contributed by atoms with Crippen molar-refractivity contribution in [3.63, 3.8) is 0 Å². The number of rotatable bonds is 4. The summed E-state index contributed by atoms with van der Waals surface area (Å²) in [5.41, 5.74) is 5.63. The largest absolute Gasteiger partial charge is 0.448 e. The third kappa shape index (κ3) is 3.82. The molecule has 4 aromatic rings. The van der Waals surface area contributed by atoms with Gasteiger partial charge in [-0.1, -0.05) is 66.7 Å². The van der Waals surface area contributed by atoms with E-state index in [1.54, 1.807) is 10.9 Å². The van der Waals surface area contributed by atoms with E-state index in [2.05, 4.69) is 53.6 Å². The molecule has 0 radical (unpaired) electrons. The summed E-state index contributed by atoms with van der Waals surface area (Å²) in [5.74, 6) is 0.0386. The van der Waals surface area contributed by atoms with E-state index in [1.807, 2.05) is 41.4 Å². The van der Waals surface area contributed by atoms with Crippen LogP contribution in [0.25, 0.3) is 16.8 Å². The molecule has 1 aliphatic carbocycles. The second kappa shape index (κ2) is 9.14. The van der Waals surface area contributed by atoms with Crippen LogP contribution >= 0.6 is 0 Å². The lowest BCUT2D eigenvalue weighted by Crippen LogP contribution is -2.59. The number of aromatic nitrogens is 2. The molecule has 6 nitrogen and oxygen atoms in total. The maximum atomic E-state index is 13.5. The van der Waals surface area contributed by atoms with Gasteiger partial charge in [0.1, 0.15) is 6.61 Å². The van der Waals surface area contributed by atoms with Crippen LogP contribution in [-0.4, -0.2) is 44.6 Å². The zero-order valence-electron chi connectivity index (χ0n) is 21.2. The summed E-state index contributed by atoms with van der Waals surface area (Å²) in [4.78, 5) is 15.5. The molecular formula is C32H31N3O3. The number of carbonyl (C=O) groups is 1. The Balaban J connectivity index is 1.08. The lowest BCUT2D eigenvalue weighted by Gasteiger charge is -2.51. The van der Waals surface area contributed by atoms with Crippen LogP contribution in [0.15, 0.2) is 91.3 Å². The van der Waals surface area contributed by atoms with Crippen molar-refractivity contribution in [3.05, 3.63) is 108 Å². The summed E-state index contributed by atoms with van der Waals surface area (Å²) in [6, 6.07) is 26.6. The van der Waals surface area contributed by atoms with Gasteiger partial charge in [-0.15, -0.1) is 0 Å². The van der Waals surface area contributed by atoms with Crippen LogP contribution in [0.4, 0.5) is 4.79 Å². The summed E-state index contributed by atoms with van der Waals surface area (Å²) >= 11 is 0. The highest BCUT2D eigenvalue weighted by atomic mass is 16.6. The van der Waals surface area contributed by atoms with Crippen LogP contribution in [0.3, 0.4) is 0 Å². The van der Waals surface area contributed by atoms with E-state index in [0.717, 1.165) is 30.5 Å². The number of carbonyl (C=O) groups excluding carboxylic acids is 1. The van der Waals surface area contributed by atoms with Gasteiger partial charge in [-0.05, 0) is 53.6 Å². The Morgan fingerprint density at radius 1 is 0.895 bits per heavy atom. The third-order valence-electron chi connectivity index (χ3n) is 8.70. The first kappa shape index (κ1) is 23.2. The Morgan fingerprint density at radius 2 is 1.50 bits per heavy atom.